The quantitative estimate of drug-likeness (QED) is 0.301. The molecular formula is C24H16Cl2N2O6S2. The molecule has 184 valence electrons. The Morgan fingerprint density at radius 3 is 2.36 bits per heavy atom. The van der Waals surface area contributed by atoms with E-state index in [1.165, 1.54) is 48.5 Å². The first-order chi connectivity index (χ1) is 17.1. The molecule has 0 unspecified atom stereocenters. The zero-order chi connectivity index (χ0) is 25.9. The van der Waals surface area contributed by atoms with Gasteiger partial charge in [0.2, 0.25) is 5.91 Å². The molecule has 0 atom stereocenters. The molecule has 8 nitrogen and oxygen atoms in total. The number of amides is 3. The molecule has 0 saturated carbocycles. The number of benzene rings is 3. The third-order valence-corrected chi connectivity index (χ3v) is 7.49. The lowest BCUT2D eigenvalue weighted by Gasteiger charge is -2.12. The van der Waals surface area contributed by atoms with Crippen LogP contribution < -0.4 is 9.50 Å². The van der Waals surface area contributed by atoms with Crippen LogP contribution in [0.4, 0.5) is 10.5 Å². The number of thioether (sulfide) groups is 1. The zero-order valence-corrected chi connectivity index (χ0v) is 21.3. The van der Waals surface area contributed by atoms with E-state index in [4.69, 9.17) is 27.4 Å². The number of halogens is 2. The lowest BCUT2D eigenvalue weighted by Crippen LogP contribution is -2.36. The van der Waals surface area contributed by atoms with Crippen LogP contribution in [0.1, 0.15) is 5.56 Å². The minimum atomic E-state index is -4.15. The van der Waals surface area contributed by atoms with Crippen LogP contribution in [0.15, 0.2) is 82.6 Å². The first kappa shape index (κ1) is 25.8. The SMILES string of the molecule is O=C(CN1C(=O)S/C(=C\c2ccc(OS(=O)(=O)c3ccc(Cl)cc3)c(Cl)c2)C1=O)Nc1ccccc1. The molecule has 4 rings (SSSR count). The van der Waals surface area contributed by atoms with Crippen molar-refractivity contribution in [3.63, 3.8) is 0 Å². The lowest BCUT2D eigenvalue weighted by atomic mass is 10.2. The van der Waals surface area contributed by atoms with Crippen LogP contribution >= 0.6 is 35.0 Å². The number of carbonyl (C=O) groups is 3. The van der Waals surface area contributed by atoms with Gasteiger partial charge in [-0.2, -0.15) is 8.42 Å². The van der Waals surface area contributed by atoms with E-state index in [0.29, 0.717) is 28.0 Å². The number of nitrogens with zero attached hydrogens (tertiary/aromatic N) is 1. The van der Waals surface area contributed by atoms with Crippen molar-refractivity contribution in [2.45, 2.75) is 4.90 Å². The van der Waals surface area contributed by atoms with E-state index in [1.54, 1.807) is 30.3 Å². The summed E-state index contributed by atoms with van der Waals surface area (Å²) in [6.45, 7) is -0.438. The highest BCUT2D eigenvalue weighted by Crippen LogP contribution is 2.34. The number of carbonyl (C=O) groups excluding carboxylic acids is 3. The average molecular weight is 563 g/mol. The molecule has 1 aliphatic rings. The highest BCUT2D eigenvalue weighted by molar-refractivity contribution is 8.18. The Hall–Kier alpha value is -3.31. The Morgan fingerprint density at radius 1 is 1.00 bits per heavy atom. The molecule has 1 fully saturated rings. The molecule has 36 heavy (non-hydrogen) atoms. The summed E-state index contributed by atoms with van der Waals surface area (Å²) in [5.41, 5.74) is 0.968. The van der Waals surface area contributed by atoms with E-state index >= 15 is 0 Å². The Kier molecular flexibility index (Phi) is 7.70. The van der Waals surface area contributed by atoms with Crippen molar-refractivity contribution in [2.24, 2.45) is 0 Å². The lowest BCUT2D eigenvalue weighted by molar-refractivity contribution is -0.127. The van der Waals surface area contributed by atoms with Gasteiger partial charge in [0.15, 0.2) is 5.75 Å². The maximum Gasteiger partial charge on any atom is 0.339 e. The maximum absolute atomic E-state index is 12.7. The van der Waals surface area contributed by atoms with Crippen LogP contribution in [-0.4, -0.2) is 36.9 Å². The normalized spacial score (nSPS) is 14.8. The second kappa shape index (κ2) is 10.8. The van der Waals surface area contributed by atoms with Crippen LogP contribution in [0.5, 0.6) is 5.75 Å². The van der Waals surface area contributed by atoms with Crippen LogP contribution in [0.3, 0.4) is 0 Å². The molecule has 0 aromatic heterocycles. The summed E-state index contributed by atoms with van der Waals surface area (Å²) in [4.78, 5) is 38.1. The Morgan fingerprint density at radius 2 is 1.69 bits per heavy atom. The largest absolute Gasteiger partial charge is 0.377 e. The summed E-state index contributed by atoms with van der Waals surface area (Å²) >= 11 is 12.7. The Balaban J connectivity index is 1.45. The minimum absolute atomic E-state index is 0.0252. The third kappa shape index (κ3) is 6.08. The topological polar surface area (TPSA) is 110 Å². The third-order valence-electron chi connectivity index (χ3n) is 4.79. The highest BCUT2D eigenvalue weighted by atomic mass is 35.5. The van der Waals surface area contributed by atoms with E-state index < -0.39 is 33.7 Å². The van der Waals surface area contributed by atoms with E-state index in [2.05, 4.69) is 5.32 Å². The van der Waals surface area contributed by atoms with Crippen molar-refractivity contribution in [3.05, 3.63) is 93.3 Å². The summed E-state index contributed by atoms with van der Waals surface area (Å²) < 4.78 is 30.1. The van der Waals surface area contributed by atoms with Gasteiger partial charge in [-0.05, 0) is 71.9 Å². The van der Waals surface area contributed by atoms with Gasteiger partial charge in [0, 0.05) is 10.7 Å². The molecule has 3 amide bonds. The van der Waals surface area contributed by atoms with Crippen molar-refractivity contribution in [3.8, 4) is 5.75 Å². The summed E-state index contributed by atoms with van der Waals surface area (Å²) in [5.74, 6) is -1.26. The van der Waals surface area contributed by atoms with Gasteiger partial charge in [0.1, 0.15) is 11.4 Å². The predicted molar refractivity (Wildman–Crippen MR) is 138 cm³/mol. The molecule has 0 bridgehead atoms. The Labute approximate surface area is 221 Å². The number of nitrogens with one attached hydrogen (secondary N) is 1. The number of hydrogen-bond acceptors (Lipinski definition) is 7. The second-order valence-corrected chi connectivity index (χ2v) is 10.7. The van der Waals surface area contributed by atoms with Gasteiger partial charge in [0.25, 0.3) is 11.1 Å². The fourth-order valence-corrected chi connectivity index (χ4v) is 5.28. The van der Waals surface area contributed by atoms with Gasteiger partial charge in [0.05, 0.1) is 9.93 Å². The molecule has 0 spiro atoms. The van der Waals surface area contributed by atoms with Gasteiger partial charge >= 0.3 is 10.1 Å². The minimum Gasteiger partial charge on any atom is -0.377 e. The first-order valence-electron chi connectivity index (χ1n) is 10.2. The molecule has 1 N–H and O–H groups in total. The molecule has 1 heterocycles. The molecule has 0 aliphatic carbocycles. The number of imide groups is 1. The second-order valence-electron chi connectivity index (χ2n) is 7.36. The van der Waals surface area contributed by atoms with Crippen molar-refractivity contribution < 1.29 is 27.0 Å². The maximum atomic E-state index is 12.7. The summed E-state index contributed by atoms with van der Waals surface area (Å²) in [7, 11) is -4.15. The number of anilines is 1. The molecule has 12 heteroatoms. The van der Waals surface area contributed by atoms with Crippen LogP contribution in [-0.2, 0) is 19.7 Å². The van der Waals surface area contributed by atoms with Crippen LogP contribution in [0, 0.1) is 0 Å². The molecule has 3 aromatic carbocycles. The van der Waals surface area contributed by atoms with Crippen molar-refractivity contribution in [1.29, 1.82) is 0 Å². The van der Waals surface area contributed by atoms with E-state index in [-0.39, 0.29) is 20.6 Å². The smallest absolute Gasteiger partial charge is 0.339 e. The number of hydrogen-bond donors (Lipinski definition) is 1. The highest BCUT2D eigenvalue weighted by Gasteiger charge is 2.36. The Bertz CT molecular complexity index is 1480. The van der Waals surface area contributed by atoms with Gasteiger partial charge in [-0.1, -0.05) is 47.5 Å². The van der Waals surface area contributed by atoms with E-state index in [9.17, 15) is 22.8 Å². The van der Waals surface area contributed by atoms with Crippen LogP contribution in [0.2, 0.25) is 10.0 Å². The molecule has 0 radical (unpaired) electrons. The van der Waals surface area contributed by atoms with Crippen molar-refractivity contribution >= 4 is 73.9 Å². The van der Waals surface area contributed by atoms with Crippen LogP contribution in [0.25, 0.3) is 6.08 Å². The summed E-state index contributed by atoms with van der Waals surface area (Å²) in [6.07, 6.45) is 1.42. The zero-order valence-electron chi connectivity index (χ0n) is 18.2. The van der Waals surface area contributed by atoms with Crippen molar-refractivity contribution in [2.75, 3.05) is 11.9 Å². The predicted octanol–water partition coefficient (Wildman–Crippen LogP) is 5.44. The van der Waals surface area contributed by atoms with E-state index in [1.807, 2.05) is 0 Å². The van der Waals surface area contributed by atoms with Gasteiger partial charge < -0.3 is 9.50 Å². The van der Waals surface area contributed by atoms with E-state index in [0.717, 1.165) is 4.90 Å². The molecule has 1 aliphatic heterocycles. The van der Waals surface area contributed by atoms with Gasteiger partial charge in [-0.15, -0.1) is 0 Å². The van der Waals surface area contributed by atoms with Gasteiger partial charge in [-0.3, -0.25) is 19.3 Å². The fraction of sp³-hybridized carbons (Fsp3) is 0.0417. The van der Waals surface area contributed by atoms with Crippen molar-refractivity contribution in [1.82, 2.24) is 4.90 Å². The standard InChI is InChI=1S/C24H16Cl2N2O6S2/c25-16-7-9-18(10-8-16)36(32,33)34-20-11-6-15(12-19(20)26)13-21-23(30)28(24(31)35-21)14-22(29)27-17-4-2-1-3-5-17/h1-13H,14H2,(H,27,29)/b21-13-. The molecule has 1 saturated heterocycles. The average Bonchev–Trinajstić information content (AvgIpc) is 3.09. The fourth-order valence-electron chi connectivity index (χ4n) is 3.10. The molecule has 3 aromatic rings. The number of rotatable bonds is 7. The monoisotopic (exact) mass is 562 g/mol. The summed E-state index contributed by atoms with van der Waals surface area (Å²) in [5, 5.41) is 2.38. The molecular weight excluding hydrogens is 547 g/mol. The summed E-state index contributed by atoms with van der Waals surface area (Å²) in [6, 6.07) is 18.3. The first-order valence-corrected chi connectivity index (χ1v) is 13.2. The van der Waals surface area contributed by atoms with Gasteiger partial charge in [-0.25, -0.2) is 0 Å². The number of para-hydroxylation sites is 1.